The topological polar surface area (TPSA) is 32.7 Å². The van der Waals surface area contributed by atoms with Gasteiger partial charge in [-0.2, -0.15) is 0 Å². The molecule has 1 N–H and O–H groups in total. The maximum atomic E-state index is 8.83. The minimum absolute atomic E-state index is 0.114. The summed E-state index contributed by atoms with van der Waals surface area (Å²) in [5, 5.41) is 8.83. The summed E-state index contributed by atoms with van der Waals surface area (Å²) in [6, 6.07) is 0. The Bertz CT molecular complexity index is 140. The molecule has 0 amide bonds. The fourth-order valence-electron chi connectivity index (χ4n) is 1.87. The van der Waals surface area contributed by atoms with Crippen molar-refractivity contribution >= 4 is 0 Å². The van der Waals surface area contributed by atoms with E-state index < -0.39 is 0 Å². The number of aliphatic hydroxyl groups is 1. The highest BCUT2D eigenvalue weighted by Gasteiger charge is 2.36. The van der Waals surface area contributed by atoms with Crippen LogP contribution in [0.1, 0.15) is 26.7 Å². The number of aliphatic hydroxyl groups excluding tert-OH is 1. The average Bonchev–Trinajstić information content (AvgIpc) is 2.35. The van der Waals surface area contributed by atoms with Crippen molar-refractivity contribution in [2.75, 3.05) is 26.3 Å². The van der Waals surface area contributed by atoms with E-state index in [0.717, 1.165) is 32.5 Å². The lowest BCUT2D eigenvalue weighted by atomic mass is 10.1. The quantitative estimate of drug-likeness (QED) is 0.683. The van der Waals surface area contributed by atoms with Crippen LogP contribution < -0.4 is 0 Å². The van der Waals surface area contributed by atoms with Crippen molar-refractivity contribution in [1.29, 1.82) is 0 Å². The second-order valence-electron chi connectivity index (χ2n) is 3.48. The van der Waals surface area contributed by atoms with Gasteiger partial charge in [-0.15, -0.1) is 0 Å². The standard InChI is InChI=1S/C9H19NO2/c1-3-4-9(2)10(5-7-11)6-8-12-9/h11H,3-8H2,1-2H3. The second kappa shape index (κ2) is 4.21. The van der Waals surface area contributed by atoms with Gasteiger partial charge in [0.05, 0.1) is 13.2 Å². The summed E-state index contributed by atoms with van der Waals surface area (Å²) < 4.78 is 5.66. The van der Waals surface area contributed by atoms with Gasteiger partial charge in [0.1, 0.15) is 5.72 Å². The lowest BCUT2D eigenvalue weighted by molar-refractivity contribution is -0.0765. The Balaban J connectivity index is 2.48. The van der Waals surface area contributed by atoms with E-state index in [1.54, 1.807) is 0 Å². The molecule has 12 heavy (non-hydrogen) atoms. The Morgan fingerprint density at radius 1 is 1.58 bits per heavy atom. The lowest BCUT2D eigenvalue weighted by Gasteiger charge is -2.32. The van der Waals surface area contributed by atoms with Crippen LogP contribution in [0.15, 0.2) is 0 Å². The van der Waals surface area contributed by atoms with E-state index in [4.69, 9.17) is 9.84 Å². The lowest BCUT2D eigenvalue weighted by Crippen LogP contribution is -2.43. The molecule has 1 heterocycles. The van der Waals surface area contributed by atoms with Crippen LogP contribution in [0.2, 0.25) is 0 Å². The Kier molecular flexibility index (Phi) is 3.50. The molecule has 3 heteroatoms. The third-order valence-electron chi connectivity index (χ3n) is 2.53. The summed E-state index contributed by atoms with van der Waals surface area (Å²) in [5.74, 6) is 0. The summed E-state index contributed by atoms with van der Waals surface area (Å²) in [6.07, 6.45) is 2.17. The first-order chi connectivity index (χ1) is 5.73. The van der Waals surface area contributed by atoms with Crippen LogP contribution in [0.3, 0.4) is 0 Å². The van der Waals surface area contributed by atoms with E-state index in [1.165, 1.54) is 0 Å². The molecule has 0 radical (unpaired) electrons. The molecule has 72 valence electrons. The third kappa shape index (κ3) is 1.97. The van der Waals surface area contributed by atoms with E-state index in [-0.39, 0.29) is 12.3 Å². The Morgan fingerprint density at radius 2 is 2.33 bits per heavy atom. The van der Waals surface area contributed by atoms with Gasteiger partial charge in [-0.1, -0.05) is 13.3 Å². The Morgan fingerprint density at radius 3 is 2.92 bits per heavy atom. The van der Waals surface area contributed by atoms with Gasteiger partial charge >= 0.3 is 0 Å². The molecule has 3 nitrogen and oxygen atoms in total. The smallest absolute Gasteiger partial charge is 0.119 e. The van der Waals surface area contributed by atoms with E-state index >= 15 is 0 Å². The molecule has 1 fully saturated rings. The number of nitrogens with zero attached hydrogens (tertiary/aromatic N) is 1. The van der Waals surface area contributed by atoms with Gasteiger partial charge < -0.3 is 9.84 Å². The van der Waals surface area contributed by atoms with Crippen LogP contribution in [-0.2, 0) is 4.74 Å². The zero-order chi connectivity index (χ0) is 9.03. The van der Waals surface area contributed by atoms with Crippen LogP contribution >= 0.6 is 0 Å². The minimum Gasteiger partial charge on any atom is -0.395 e. The highest BCUT2D eigenvalue weighted by Crippen LogP contribution is 2.26. The summed E-state index contributed by atoms with van der Waals surface area (Å²) >= 11 is 0. The number of hydrogen-bond acceptors (Lipinski definition) is 3. The van der Waals surface area contributed by atoms with Crippen LogP contribution in [0.25, 0.3) is 0 Å². The van der Waals surface area contributed by atoms with Gasteiger partial charge in [-0.25, -0.2) is 0 Å². The van der Waals surface area contributed by atoms with Crippen molar-refractivity contribution in [1.82, 2.24) is 4.90 Å². The molecular weight excluding hydrogens is 154 g/mol. The first-order valence-electron chi connectivity index (χ1n) is 4.73. The van der Waals surface area contributed by atoms with Gasteiger partial charge in [0.2, 0.25) is 0 Å². The van der Waals surface area contributed by atoms with Crippen molar-refractivity contribution < 1.29 is 9.84 Å². The molecule has 1 saturated heterocycles. The highest BCUT2D eigenvalue weighted by atomic mass is 16.5. The molecule has 1 aliphatic heterocycles. The van der Waals surface area contributed by atoms with E-state index in [0.29, 0.717) is 0 Å². The summed E-state index contributed by atoms with van der Waals surface area (Å²) in [5.41, 5.74) is -0.114. The Hall–Kier alpha value is -0.120. The summed E-state index contributed by atoms with van der Waals surface area (Å²) in [7, 11) is 0. The van der Waals surface area contributed by atoms with Gasteiger partial charge in [-0.3, -0.25) is 4.90 Å². The monoisotopic (exact) mass is 173 g/mol. The van der Waals surface area contributed by atoms with Crippen LogP contribution in [0.5, 0.6) is 0 Å². The fraction of sp³-hybridized carbons (Fsp3) is 1.00. The first kappa shape index (κ1) is 9.96. The third-order valence-corrected chi connectivity index (χ3v) is 2.53. The van der Waals surface area contributed by atoms with Crippen LogP contribution in [0, 0.1) is 0 Å². The predicted molar refractivity (Wildman–Crippen MR) is 47.9 cm³/mol. The van der Waals surface area contributed by atoms with Gasteiger partial charge in [0.15, 0.2) is 0 Å². The maximum absolute atomic E-state index is 8.83. The fourth-order valence-corrected chi connectivity index (χ4v) is 1.87. The maximum Gasteiger partial charge on any atom is 0.119 e. The highest BCUT2D eigenvalue weighted by molar-refractivity contribution is 4.81. The van der Waals surface area contributed by atoms with E-state index in [1.807, 2.05) is 0 Å². The molecule has 0 spiro atoms. The van der Waals surface area contributed by atoms with Gasteiger partial charge in [-0.05, 0) is 13.3 Å². The predicted octanol–water partition coefficient (Wildman–Crippen LogP) is 0.827. The van der Waals surface area contributed by atoms with Crippen molar-refractivity contribution in [2.24, 2.45) is 0 Å². The van der Waals surface area contributed by atoms with Gasteiger partial charge in [0, 0.05) is 13.1 Å². The molecule has 0 aliphatic carbocycles. The largest absolute Gasteiger partial charge is 0.395 e. The number of rotatable bonds is 4. The van der Waals surface area contributed by atoms with Gasteiger partial charge in [0.25, 0.3) is 0 Å². The molecule has 1 unspecified atom stereocenters. The van der Waals surface area contributed by atoms with E-state index in [9.17, 15) is 0 Å². The first-order valence-corrected chi connectivity index (χ1v) is 4.73. The van der Waals surface area contributed by atoms with Crippen molar-refractivity contribution in [2.45, 2.75) is 32.4 Å². The van der Waals surface area contributed by atoms with Crippen molar-refractivity contribution in [3.63, 3.8) is 0 Å². The Labute approximate surface area is 74.3 Å². The normalized spacial score (nSPS) is 31.2. The number of ether oxygens (including phenoxy) is 1. The van der Waals surface area contributed by atoms with Crippen LogP contribution in [0.4, 0.5) is 0 Å². The summed E-state index contributed by atoms with van der Waals surface area (Å²) in [4.78, 5) is 2.22. The van der Waals surface area contributed by atoms with E-state index in [2.05, 4.69) is 18.7 Å². The molecule has 0 aromatic carbocycles. The average molecular weight is 173 g/mol. The zero-order valence-corrected chi connectivity index (χ0v) is 8.05. The molecule has 1 aliphatic rings. The number of β-amino-alcohol motifs (C(OH)–C–C–N with tert-alkyl or cyclic N) is 1. The molecule has 1 rings (SSSR count). The van der Waals surface area contributed by atoms with Crippen molar-refractivity contribution in [3.05, 3.63) is 0 Å². The molecule has 0 saturated carbocycles. The SMILES string of the molecule is CCCC1(C)OCCN1CCO. The summed E-state index contributed by atoms with van der Waals surface area (Å²) in [6.45, 7) is 6.98. The van der Waals surface area contributed by atoms with Crippen LogP contribution in [-0.4, -0.2) is 42.0 Å². The van der Waals surface area contributed by atoms with Crippen molar-refractivity contribution in [3.8, 4) is 0 Å². The molecular formula is C9H19NO2. The number of hydrogen-bond donors (Lipinski definition) is 1. The second-order valence-corrected chi connectivity index (χ2v) is 3.48. The molecule has 0 aromatic rings. The minimum atomic E-state index is -0.114. The molecule has 0 aromatic heterocycles. The molecule has 0 bridgehead atoms. The molecule has 1 atom stereocenters. The zero-order valence-electron chi connectivity index (χ0n) is 8.05.